The van der Waals surface area contributed by atoms with E-state index in [9.17, 15) is 0 Å². The maximum Gasteiger partial charge on any atom is 0.124 e. The van der Waals surface area contributed by atoms with Gasteiger partial charge in [0.2, 0.25) is 0 Å². The summed E-state index contributed by atoms with van der Waals surface area (Å²) in [6.07, 6.45) is 3.02. The smallest absolute Gasteiger partial charge is 0.124 e. The average Bonchev–Trinajstić information content (AvgIpc) is 2.94. The lowest BCUT2D eigenvalue weighted by atomic mass is 9.98. The van der Waals surface area contributed by atoms with Crippen molar-refractivity contribution in [1.29, 1.82) is 0 Å². The van der Waals surface area contributed by atoms with Crippen molar-refractivity contribution < 1.29 is 4.74 Å². The fourth-order valence-corrected chi connectivity index (χ4v) is 3.43. The van der Waals surface area contributed by atoms with E-state index in [2.05, 4.69) is 43.2 Å². The van der Waals surface area contributed by atoms with Crippen molar-refractivity contribution in [3.05, 3.63) is 45.9 Å². The minimum absolute atomic E-state index is 0.133. The highest BCUT2D eigenvalue weighted by molar-refractivity contribution is 7.11. The molecule has 1 aliphatic heterocycles. The molecule has 1 aliphatic rings. The maximum absolute atomic E-state index is 5.70. The third kappa shape index (κ3) is 3.27. The Morgan fingerprint density at radius 1 is 1.33 bits per heavy atom. The number of fused-ring (bicyclic) bond motifs is 1. The van der Waals surface area contributed by atoms with E-state index < -0.39 is 0 Å². The van der Waals surface area contributed by atoms with E-state index >= 15 is 0 Å². The normalized spacial score (nSPS) is 18.1. The lowest BCUT2D eigenvalue weighted by Crippen LogP contribution is -2.26. The monoisotopic (exact) mass is 302 g/mol. The molecule has 0 saturated heterocycles. The Morgan fingerprint density at radius 3 is 2.90 bits per heavy atom. The Kier molecular flexibility index (Phi) is 4.00. The highest BCUT2D eigenvalue weighted by Gasteiger charge is 2.21. The summed E-state index contributed by atoms with van der Waals surface area (Å²) in [5.41, 5.74) is 1.40. The fraction of sp³-hybridized carbons (Fsp3) is 0.471. The molecule has 1 aromatic carbocycles. The first-order chi connectivity index (χ1) is 10.0. The van der Waals surface area contributed by atoms with Crippen LogP contribution in [0, 0.1) is 0 Å². The van der Waals surface area contributed by atoms with Crippen molar-refractivity contribution in [2.24, 2.45) is 0 Å². The number of nitrogens with zero attached hydrogens (tertiary/aromatic N) is 1. The first-order valence-corrected chi connectivity index (χ1v) is 8.26. The lowest BCUT2D eigenvalue weighted by Gasteiger charge is -2.26. The number of benzene rings is 1. The molecule has 2 aromatic rings. The number of aromatic nitrogens is 1. The molecule has 112 valence electrons. The number of para-hydroxylation sites is 1. The van der Waals surface area contributed by atoms with Crippen LogP contribution < -0.4 is 10.1 Å². The van der Waals surface area contributed by atoms with E-state index in [0.29, 0.717) is 6.04 Å². The molecule has 3 nitrogen and oxygen atoms in total. The van der Waals surface area contributed by atoms with Gasteiger partial charge in [0, 0.05) is 41.1 Å². The highest BCUT2D eigenvalue weighted by Crippen LogP contribution is 2.32. The van der Waals surface area contributed by atoms with Gasteiger partial charge in [0.25, 0.3) is 0 Å². The maximum atomic E-state index is 5.70. The summed E-state index contributed by atoms with van der Waals surface area (Å²) < 4.78 is 5.70. The van der Waals surface area contributed by atoms with Crippen molar-refractivity contribution in [3.8, 4) is 5.75 Å². The van der Waals surface area contributed by atoms with Crippen LogP contribution in [-0.4, -0.2) is 11.6 Å². The molecule has 2 heterocycles. The SMILES string of the molecule is CC(C)(C)c1ncc(CNC2CCOc3ccccc32)s1. The zero-order valence-electron chi connectivity index (χ0n) is 12.8. The highest BCUT2D eigenvalue weighted by atomic mass is 32.1. The Bertz CT molecular complexity index is 615. The molecular formula is C17H22N2OS. The van der Waals surface area contributed by atoms with Crippen LogP contribution in [0.15, 0.2) is 30.5 Å². The van der Waals surface area contributed by atoms with E-state index in [-0.39, 0.29) is 5.41 Å². The van der Waals surface area contributed by atoms with Gasteiger partial charge >= 0.3 is 0 Å². The Hall–Kier alpha value is -1.39. The molecule has 0 aliphatic carbocycles. The molecule has 0 spiro atoms. The molecule has 1 atom stereocenters. The lowest BCUT2D eigenvalue weighted by molar-refractivity contribution is 0.252. The second-order valence-corrected chi connectivity index (χ2v) is 7.61. The Morgan fingerprint density at radius 2 is 2.14 bits per heavy atom. The van der Waals surface area contributed by atoms with Gasteiger partial charge in [-0.1, -0.05) is 39.0 Å². The standard InChI is InChI=1S/C17H22N2OS/c1-17(2,3)16-19-11-12(21-16)10-18-14-8-9-20-15-7-5-4-6-13(14)15/h4-7,11,14,18H,8-10H2,1-3H3. The van der Waals surface area contributed by atoms with Gasteiger partial charge in [-0.05, 0) is 6.07 Å². The summed E-state index contributed by atoms with van der Waals surface area (Å²) in [5.74, 6) is 1.01. The third-order valence-electron chi connectivity index (χ3n) is 3.68. The molecule has 0 bridgehead atoms. The molecule has 0 saturated carbocycles. The number of hydrogen-bond acceptors (Lipinski definition) is 4. The Balaban J connectivity index is 1.68. The fourth-order valence-electron chi connectivity index (χ4n) is 2.51. The summed E-state index contributed by atoms with van der Waals surface area (Å²) in [6, 6.07) is 8.68. The summed E-state index contributed by atoms with van der Waals surface area (Å²) in [4.78, 5) is 5.84. The predicted molar refractivity (Wildman–Crippen MR) is 86.9 cm³/mol. The van der Waals surface area contributed by atoms with E-state index in [4.69, 9.17) is 4.74 Å². The van der Waals surface area contributed by atoms with Gasteiger partial charge < -0.3 is 10.1 Å². The van der Waals surface area contributed by atoms with Crippen LogP contribution >= 0.6 is 11.3 Å². The largest absolute Gasteiger partial charge is 0.493 e. The van der Waals surface area contributed by atoms with Gasteiger partial charge in [0.05, 0.1) is 11.6 Å². The molecule has 3 rings (SSSR count). The van der Waals surface area contributed by atoms with Gasteiger partial charge in [0.1, 0.15) is 5.75 Å². The van der Waals surface area contributed by atoms with Crippen LogP contribution in [0.5, 0.6) is 5.75 Å². The van der Waals surface area contributed by atoms with E-state index in [0.717, 1.165) is 25.3 Å². The molecule has 21 heavy (non-hydrogen) atoms. The second kappa shape index (κ2) is 5.78. The number of thiazole rings is 1. The topological polar surface area (TPSA) is 34.2 Å². The van der Waals surface area contributed by atoms with Crippen LogP contribution in [0.2, 0.25) is 0 Å². The second-order valence-electron chi connectivity index (χ2n) is 6.49. The van der Waals surface area contributed by atoms with Crippen LogP contribution in [0.3, 0.4) is 0 Å². The first-order valence-electron chi connectivity index (χ1n) is 7.44. The number of nitrogens with one attached hydrogen (secondary N) is 1. The van der Waals surface area contributed by atoms with Gasteiger partial charge in [-0.2, -0.15) is 0 Å². The molecule has 1 unspecified atom stereocenters. The summed E-state index contributed by atoms with van der Waals surface area (Å²) in [7, 11) is 0. The quantitative estimate of drug-likeness (QED) is 0.928. The molecule has 0 radical (unpaired) electrons. The number of ether oxygens (including phenoxy) is 1. The minimum Gasteiger partial charge on any atom is -0.493 e. The van der Waals surface area contributed by atoms with Gasteiger partial charge in [-0.3, -0.25) is 0 Å². The number of rotatable bonds is 3. The molecule has 1 aromatic heterocycles. The predicted octanol–water partition coefficient (Wildman–Crippen LogP) is 4.05. The molecular weight excluding hydrogens is 280 g/mol. The summed E-state index contributed by atoms with van der Waals surface area (Å²) >= 11 is 1.80. The van der Waals surface area contributed by atoms with E-state index in [1.807, 2.05) is 18.3 Å². The average molecular weight is 302 g/mol. The zero-order valence-corrected chi connectivity index (χ0v) is 13.7. The van der Waals surface area contributed by atoms with Gasteiger partial charge in [0.15, 0.2) is 0 Å². The van der Waals surface area contributed by atoms with E-state index in [1.165, 1.54) is 15.4 Å². The van der Waals surface area contributed by atoms with Crippen LogP contribution in [0.25, 0.3) is 0 Å². The van der Waals surface area contributed by atoms with Crippen LogP contribution in [0.4, 0.5) is 0 Å². The molecule has 1 N–H and O–H groups in total. The van der Waals surface area contributed by atoms with E-state index in [1.54, 1.807) is 11.3 Å². The van der Waals surface area contributed by atoms with Crippen molar-refractivity contribution in [3.63, 3.8) is 0 Å². The molecule has 0 amide bonds. The molecule has 4 heteroatoms. The molecule has 0 fully saturated rings. The van der Waals surface area contributed by atoms with Crippen molar-refractivity contribution in [1.82, 2.24) is 10.3 Å². The zero-order chi connectivity index (χ0) is 14.9. The minimum atomic E-state index is 0.133. The Labute approximate surface area is 130 Å². The van der Waals surface area contributed by atoms with Gasteiger partial charge in [-0.15, -0.1) is 11.3 Å². The first kappa shape index (κ1) is 14.5. The van der Waals surface area contributed by atoms with Crippen molar-refractivity contribution in [2.45, 2.75) is 45.2 Å². The van der Waals surface area contributed by atoms with Gasteiger partial charge in [-0.25, -0.2) is 4.98 Å². The summed E-state index contributed by atoms with van der Waals surface area (Å²) in [6.45, 7) is 8.27. The number of hydrogen-bond donors (Lipinski definition) is 1. The van der Waals surface area contributed by atoms with Crippen molar-refractivity contribution in [2.75, 3.05) is 6.61 Å². The third-order valence-corrected chi connectivity index (χ3v) is 5.10. The van der Waals surface area contributed by atoms with Crippen LogP contribution in [0.1, 0.15) is 48.7 Å². The van der Waals surface area contributed by atoms with Crippen molar-refractivity contribution >= 4 is 11.3 Å². The van der Waals surface area contributed by atoms with Crippen LogP contribution in [-0.2, 0) is 12.0 Å². The summed E-state index contributed by atoms with van der Waals surface area (Å²) in [5, 5.41) is 4.85.